The second kappa shape index (κ2) is 14.5. The number of carboxylic acid groups (broad SMARTS) is 1. The number of anilines is 1. The van der Waals surface area contributed by atoms with Gasteiger partial charge in [0.25, 0.3) is 5.91 Å². The summed E-state index contributed by atoms with van der Waals surface area (Å²) in [6.45, 7) is 4.25. The highest BCUT2D eigenvalue weighted by atomic mass is 19.1. The normalized spacial score (nSPS) is 12.4. The molecular weight excluding hydrogens is 539 g/mol. The molecule has 0 aliphatic carbocycles. The summed E-state index contributed by atoms with van der Waals surface area (Å²) < 4.78 is 16.0. The van der Waals surface area contributed by atoms with Crippen molar-refractivity contribution in [3.63, 3.8) is 0 Å². The van der Waals surface area contributed by atoms with E-state index < -0.39 is 24.6 Å². The molecule has 1 heterocycles. The lowest BCUT2D eigenvalue weighted by Gasteiger charge is -2.20. The van der Waals surface area contributed by atoms with E-state index in [9.17, 15) is 24.2 Å². The molecule has 42 heavy (non-hydrogen) atoms. The first kappa shape index (κ1) is 32.2. The Morgan fingerprint density at radius 2 is 1.45 bits per heavy atom. The summed E-state index contributed by atoms with van der Waals surface area (Å²) in [5, 5.41) is 32.8. The molecule has 0 aliphatic rings. The summed E-state index contributed by atoms with van der Waals surface area (Å²) in [5.74, 6) is -1.93. The number of aliphatic hydroxyl groups excluding tert-OH is 2. The zero-order valence-electron chi connectivity index (χ0n) is 23.6. The van der Waals surface area contributed by atoms with Gasteiger partial charge in [-0.05, 0) is 66.3 Å². The van der Waals surface area contributed by atoms with Gasteiger partial charge in [0.1, 0.15) is 5.82 Å². The minimum Gasteiger partial charge on any atom is -0.481 e. The minimum absolute atomic E-state index is 0. The van der Waals surface area contributed by atoms with Crippen molar-refractivity contribution in [2.75, 3.05) is 5.32 Å². The van der Waals surface area contributed by atoms with Crippen LogP contribution in [-0.2, 0) is 11.3 Å². The Balaban J connectivity index is 0.00000484. The molecule has 1 amide bonds. The van der Waals surface area contributed by atoms with Crippen molar-refractivity contribution < 1.29 is 34.8 Å². The average molecular weight is 577 g/mol. The largest absolute Gasteiger partial charge is 0.481 e. The van der Waals surface area contributed by atoms with Gasteiger partial charge in [0.2, 0.25) is 0 Å². The van der Waals surface area contributed by atoms with Crippen molar-refractivity contribution in [2.24, 2.45) is 0 Å². The van der Waals surface area contributed by atoms with Crippen LogP contribution in [0.25, 0.3) is 22.4 Å². The third kappa shape index (κ3) is 7.70. The zero-order valence-corrected chi connectivity index (χ0v) is 23.6. The summed E-state index contributed by atoms with van der Waals surface area (Å²) in [6.07, 6.45) is -2.51. The van der Waals surface area contributed by atoms with Crippen LogP contribution in [-0.4, -0.2) is 49.4 Å². The van der Waals surface area contributed by atoms with Gasteiger partial charge in [-0.2, -0.15) is 0 Å². The number of rotatable bonds is 12. The van der Waals surface area contributed by atoms with E-state index in [1.807, 2.05) is 79.1 Å². The van der Waals surface area contributed by atoms with Gasteiger partial charge in [-0.25, -0.2) is 4.39 Å². The first-order chi connectivity index (χ1) is 19.7. The summed E-state index contributed by atoms with van der Waals surface area (Å²) >= 11 is 0. The zero-order chi connectivity index (χ0) is 29.5. The maximum atomic E-state index is 14.0. The summed E-state index contributed by atoms with van der Waals surface area (Å²) in [6, 6.07) is 24.8. The van der Waals surface area contributed by atoms with Crippen molar-refractivity contribution in [3.05, 3.63) is 102 Å². The molecule has 0 aliphatic heterocycles. The molecule has 4 aromatic rings. The SMILES string of the molecule is CC(C)c1c(C(=O)Nc2ccccc2)c(-c2ccccc2)c(-c2ccc(F)cc2)n1CCC(O)CC(O)CC(=O)O.O. The fourth-order valence-electron chi connectivity index (χ4n) is 5.20. The number of aromatic nitrogens is 1. The fraction of sp³-hybridized carbons (Fsp3) is 0.273. The Bertz CT molecular complexity index is 1470. The van der Waals surface area contributed by atoms with Gasteiger partial charge in [-0.3, -0.25) is 9.59 Å². The molecule has 9 heteroatoms. The number of halogens is 1. The number of hydrogen-bond acceptors (Lipinski definition) is 4. The third-order valence-corrected chi connectivity index (χ3v) is 6.93. The van der Waals surface area contributed by atoms with Crippen LogP contribution in [0.5, 0.6) is 0 Å². The Morgan fingerprint density at radius 1 is 0.857 bits per heavy atom. The number of carbonyl (C=O) groups is 2. The molecule has 2 atom stereocenters. The van der Waals surface area contributed by atoms with E-state index >= 15 is 0 Å². The second-order valence-corrected chi connectivity index (χ2v) is 10.4. The first-order valence-corrected chi connectivity index (χ1v) is 13.7. The number of carboxylic acids is 1. The van der Waals surface area contributed by atoms with Crippen LogP contribution in [0.4, 0.5) is 10.1 Å². The number of nitrogens with one attached hydrogen (secondary N) is 1. The molecule has 222 valence electrons. The quantitative estimate of drug-likeness (QED) is 0.176. The fourth-order valence-corrected chi connectivity index (χ4v) is 5.20. The van der Waals surface area contributed by atoms with Gasteiger partial charge in [0, 0.05) is 23.5 Å². The van der Waals surface area contributed by atoms with E-state index in [0.717, 1.165) is 11.3 Å². The number of para-hydroxylation sites is 1. The van der Waals surface area contributed by atoms with E-state index in [2.05, 4.69) is 5.32 Å². The molecular formula is C33H37FN2O6. The van der Waals surface area contributed by atoms with Crippen LogP contribution in [0.15, 0.2) is 84.9 Å². The number of amides is 1. The third-order valence-electron chi connectivity index (χ3n) is 6.93. The predicted molar refractivity (Wildman–Crippen MR) is 161 cm³/mol. The van der Waals surface area contributed by atoms with E-state index in [1.165, 1.54) is 12.1 Å². The van der Waals surface area contributed by atoms with Gasteiger partial charge in [0.05, 0.1) is 29.9 Å². The van der Waals surface area contributed by atoms with Gasteiger partial charge >= 0.3 is 5.97 Å². The lowest BCUT2D eigenvalue weighted by molar-refractivity contribution is -0.139. The molecule has 3 aromatic carbocycles. The Morgan fingerprint density at radius 3 is 2.02 bits per heavy atom. The molecule has 0 saturated heterocycles. The van der Waals surface area contributed by atoms with Gasteiger partial charge < -0.3 is 30.7 Å². The van der Waals surface area contributed by atoms with E-state index in [1.54, 1.807) is 12.1 Å². The second-order valence-electron chi connectivity index (χ2n) is 10.4. The molecule has 0 saturated carbocycles. The van der Waals surface area contributed by atoms with Gasteiger partial charge in [-0.1, -0.05) is 62.4 Å². The van der Waals surface area contributed by atoms with Crippen LogP contribution in [0.2, 0.25) is 0 Å². The van der Waals surface area contributed by atoms with Crippen molar-refractivity contribution in [1.82, 2.24) is 4.57 Å². The number of benzene rings is 3. The molecule has 8 nitrogen and oxygen atoms in total. The molecule has 0 fully saturated rings. The Labute approximate surface area is 244 Å². The molecule has 6 N–H and O–H groups in total. The molecule has 2 unspecified atom stereocenters. The van der Waals surface area contributed by atoms with Crippen molar-refractivity contribution >= 4 is 17.6 Å². The highest BCUT2D eigenvalue weighted by Gasteiger charge is 2.31. The smallest absolute Gasteiger partial charge is 0.305 e. The highest BCUT2D eigenvalue weighted by molar-refractivity contribution is 6.12. The maximum Gasteiger partial charge on any atom is 0.305 e. The number of nitrogens with zero attached hydrogens (tertiary/aromatic N) is 1. The van der Waals surface area contributed by atoms with Crippen LogP contribution in [0.3, 0.4) is 0 Å². The lowest BCUT2D eigenvalue weighted by atomic mass is 9.94. The van der Waals surface area contributed by atoms with E-state index in [0.29, 0.717) is 28.1 Å². The predicted octanol–water partition coefficient (Wildman–Crippen LogP) is 5.49. The van der Waals surface area contributed by atoms with Crippen molar-refractivity contribution in [1.29, 1.82) is 0 Å². The van der Waals surface area contributed by atoms with E-state index in [4.69, 9.17) is 5.11 Å². The molecule has 0 bridgehead atoms. The Hall–Kier alpha value is -4.31. The number of aliphatic carboxylic acids is 1. The van der Waals surface area contributed by atoms with Gasteiger partial charge in [-0.15, -0.1) is 0 Å². The summed E-state index contributed by atoms with van der Waals surface area (Å²) in [4.78, 5) is 25.0. The average Bonchev–Trinajstić information content (AvgIpc) is 3.28. The number of aliphatic hydroxyl groups is 2. The molecule has 0 radical (unpaired) electrons. The molecule has 0 spiro atoms. The van der Waals surface area contributed by atoms with Crippen molar-refractivity contribution in [2.45, 2.75) is 57.8 Å². The summed E-state index contributed by atoms with van der Waals surface area (Å²) in [7, 11) is 0. The minimum atomic E-state index is -1.18. The van der Waals surface area contributed by atoms with E-state index in [-0.39, 0.29) is 42.5 Å². The number of hydrogen-bond donors (Lipinski definition) is 4. The van der Waals surface area contributed by atoms with Crippen LogP contribution in [0.1, 0.15) is 55.1 Å². The lowest BCUT2D eigenvalue weighted by Crippen LogP contribution is -2.22. The molecule has 1 aromatic heterocycles. The maximum absolute atomic E-state index is 14.0. The highest BCUT2D eigenvalue weighted by Crippen LogP contribution is 2.42. The standard InChI is InChI=1S/C33H35FN2O5.H2O/c1-21(2)31-30(33(41)35-25-11-7-4-8-12-25)29(22-9-5-3-6-10-22)32(23-13-15-24(34)16-14-23)36(31)18-17-26(37)19-27(38)20-28(39)40;/h3-16,21,26-27,37-38H,17-20H2,1-2H3,(H,35,41)(H,39,40);1H2. The van der Waals surface area contributed by atoms with Crippen molar-refractivity contribution in [3.8, 4) is 22.4 Å². The van der Waals surface area contributed by atoms with Crippen LogP contribution < -0.4 is 5.32 Å². The van der Waals surface area contributed by atoms with Crippen LogP contribution >= 0.6 is 0 Å². The van der Waals surface area contributed by atoms with Gasteiger partial charge in [0.15, 0.2) is 0 Å². The topological polar surface area (TPSA) is 143 Å². The first-order valence-electron chi connectivity index (χ1n) is 13.7. The summed E-state index contributed by atoms with van der Waals surface area (Å²) in [5.41, 5.74) is 4.77. The monoisotopic (exact) mass is 576 g/mol. The van der Waals surface area contributed by atoms with Crippen LogP contribution in [0, 0.1) is 5.82 Å². The number of carbonyl (C=O) groups excluding carboxylic acids is 1. The molecule has 4 rings (SSSR count). The Kier molecular flexibility index (Phi) is 11.2.